The number of hydrogen-bond donors (Lipinski definition) is 0. The molecule has 2 heterocycles. The third-order valence-corrected chi connectivity index (χ3v) is 11.0. The van der Waals surface area contributed by atoms with Gasteiger partial charge < -0.3 is 0 Å². The zero-order valence-electron chi connectivity index (χ0n) is 25.1. The summed E-state index contributed by atoms with van der Waals surface area (Å²) >= 11 is 1.80. The van der Waals surface area contributed by atoms with Gasteiger partial charge in [-0.3, -0.25) is 0 Å². The highest BCUT2D eigenvalue weighted by molar-refractivity contribution is 7.26. The third kappa shape index (κ3) is 3.95. The van der Waals surface area contributed by atoms with E-state index in [1.807, 2.05) is 0 Å². The molecule has 9 aromatic rings. The third-order valence-electron chi connectivity index (χ3n) is 9.87. The van der Waals surface area contributed by atoms with Crippen LogP contribution in [0.4, 0.5) is 0 Å². The molecule has 7 aromatic carbocycles. The van der Waals surface area contributed by atoms with Crippen molar-refractivity contribution in [3.05, 3.63) is 156 Å². The molecule has 0 fully saturated rings. The summed E-state index contributed by atoms with van der Waals surface area (Å²) < 4.78 is 2.40. The van der Waals surface area contributed by atoms with Gasteiger partial charge in [-0.15, -0.1) is 11.3 Å². The van der Waals surface area contributed by atoms with Crippen molar-refractivity contribution < 1.29 is 0 Å². The van der Waals surface area contributed by atoms with Crippen molar-refractivity contribution in [1.82, 2.24) is 9.97 Å². The van der Waals surface area contributed by atoms with Gasteiger partial charge in [0.1, 0.15) is 5.82 Å². The lowest BCUT2D eigenvalue weighted by Crippen LogP contribution is -2.08. The molecule has 0 bridgehead atoms. The van der Waals surface area contributed by atoms with Crippen molar-refractivity contribution in [1.29, 1.82) is 0 Å². The van der Waals surface area contributed by atoms with E-state index in [0.717, 1.165) is 40.1 Å². The van der Waals surface area contributed by atoms with Gasteiger partial charge in [0, 0.05) is 21.6 Å². The summed E-state index contributed by atoms with van der Waals surface area (Å²) in [6.07, 6.45) is 1.93. The topological polar surface area (TPSA) is 25.8 Å². The summed E-state index contributed by atoms with van der Waals surface area (Å²) in [5.41, 5.74) is 8.57. The van der Waals surface area contributed by atoms with E-state index in [0.29, 0.717) is 0 Å². The summed E-state index contributed by atoms with van der Waals surface area (Å²) in [4.78, 5) is 11.0. The number of hydrogen-bond acceptors (Lipinski definition) is 3. The predicted molar refractivity (Wildman–Crippen MR) is 195 cm³/mol. The maximum absolute atomic E-state index is 5.52. The van der Waals surface area contributed by atoms with Gasteiger partial charge in [0.2, 0.25) is 0 Å². The molecule has 10 rings (SSSR count). The first kappa shape index (κ1) is 25.9. The lowest BCUT2D eigenvalue weighted by molar-refractivity contribution is 0.685. The lowest BCUT2D eigenvalue weighted by atomic mass is 9.90. The monoisotopic (exact) mass is 604 g/mol. The Morgan fingerprint density at radius 2 is 1.26 bits per heavy atom. The standard InChI is InChI=1S/C43H28N2S/c1-2-11-28-25-38-30(23-27(28)10-1)19-22-36(34-13-5-6-14-35(34)38)43-44-40(42-41(45-43)37-15-7-8-16-39(37)46-42)31-20-21-33-29(24-31)18-17-26-9-3-4-12-32(26)33/h1-18,20-21,23-25,36H,19,22H2. The molecule has 46 heavy (non-hydrogen) atoms. The molecule has 1 unspecified atom stereocenters. The Bertz CT molecular complexity index is 2670. The molecule has 1 aliphatic rings. The molecule has 1 atom stereocenters. The lowest BCUT2D eigenvalue weighted by Gasteiger charge is -2.18. The van der Waals surface area contributed by atoms with Gasteiger partial charge in [-0.1, -0.05) is 121 Å². The van der Waals surface area contributed by atoms with E-state index < -0.39 is 0 Å². The van der Waals surface area contributed by atoms with Crippen LogP contribution in [-0.2, 0) is 6.42 Å². The van der Waals surface area contributed by atoms with E-state index in [1.54, 1.807) is 11.3 Å². The maximum atomic E-state index is 5.52. The molecule has 0 N–H and O–H groups in total. The average molecular weight is 605 g/mol. The van der Waals surface area contributed by atoms with Gasteiger partial charge in [-0.25, -0.2) is 9.97 Å². The van der Waals surface area contributed by atoms with Crippen LogP contribution < -0.4 is 0 Å². The molecule has 0 spiro atoms. The molecule has 216 valence electrons. The number of aromatic nitrogens is 2. The van der Waals surface area contributed by atoms with Crippen LogP contribution in [0.1, 0.15) is 29.3 Å². The molecule has 0 saturated heterocycles. The van der Waals surface area contributed by atoms with Crippen molar-refractivity contribution in [2.45, 2.75) is 18.8 Å². The Hall–Kier alpha value is -5.38. The molecular formula is C43H28N2S. The van der Waals surface area contributed by atoms with E-state index >= 15 is 0 Å². The first-order valence-corrected chi connectivity index (χ1v) is 16.8. The first-order valence-electron chi connectivity index (χ1n) is 16.0. The quantitative estimate of drug-likeness (QED) is 0.183. The van der Waals surface area contributed by atoms with Crippen LogP contribution >= 0.6 is 11.3 Å². The van der Waals surface area contributed by atoms with Crippen LogP contribution in [0.2, 0.25) is 0 Å². The van der Waals surface area contributed by atoms with Gasteiger partial charge in [-0.05, 0) is 85.6 Å². The molecule has 0 aliphatic heterocycles. The second-order valence-corrected chi connectivity index (χ2v) is 13.5. The minimum Gasteiger partial charge on any atom is -0.231 e. The number of benzene rings is 7. The number of fused-ring (bicyclic) bond motifs is 10. The van der Waals surface area contributed by atoms with Crippen molar-refractivity contribution in [3.63, 3.8) is 0 Å². The van der Waals surface area contributed by atoms with E-state index in [4.69, 9.17) is 9.97 Å². The summed E-state index contributed by atoms with van der Waals surface area (Å²) in [7, 11) is 0. The number of nitrogens with zero attached hydrogens (tertiary/aromatic N) is 2. The highest BCUT2D eigenvalue weighted by Gasteiger charge is 2.28. The highest BCUT2D eigenvalue weighted by Crippen LogP contribution is 2.45. The first-order chi connectivity index (χ1) is 22.8. The Balaban J connectivity index is 1.20. The fourth-order valence-corrected chi connectivity index (χ4v) is 8.79. The minimum atomic E-state index is 0.0814. The van der Waals surface area contributed by atoms with Crippen molar-refractivity contribution in [2.75, 3.05) is 0 Å². The predicted octanol–water partition coefficient (Wildman–Crippen LogP) is 11.7. The maximum Gasteiger partial charge on any atom is 0.137 e. The normalized spacial score (nSPS) is 14.6. The Labute approximate surface area is 270 Å². The second kappa shape index (κ2) is 10.1. The summed E-state index contributed by atoms with van der Waals surface area (Å²) in [6, 6.07) is 51.0. The number of rotatable bonds is 2. The van der Waals surface area contributed by atoms with Crippen LogP contribution in [0.15, 0.2) is 140 Å². The largest absolute Gasteiger partial charge is 0.231 e. The Morgan fingerprint density at radius 3 is 2.17 bits per heavy atom. The average Bonchev–Trinajstić information content (AvgIpc) is 3.41. The molecule has 0 amide bonds. The zero-order chi connectivity index (χ0) is 30.2. The fraction of sp³-hybridized carbons (Fsp3) is 0.0698. The van der Waals surface area contributed by atoms with Crippen LogP contribution in [0.5, 0.6) is 0 Å². The summed E-state index contributed by atoms with van der Waals surface area (Å²) in [5, 5.41) is 8.83. The molecule has 0 saturated carbocycles. The van der Waals surface area contributed by atoms with E-state index in [-0.39, 0.29) is 5.92 Å². The Kier molecular flexibility index (Phi) is 5.67. The molecular weight excluding hydrogens is 577 g/mol. The second-order valence-electron chi connectivity index (χ2n) is 12.5. The van der Waals surface area contributed by atoms with Crippen molar-refractivity contribution in [2.24, 2.45) is 0 Å². The van der Waals surface area contributed by atoms with Gasteiger partial charge in [0.05, 0.1) is 15.9 Å². The number of aryl methyl sites for hydroxylation is 1. The van der Waals surface area contributed by atoms with Crippen molar-refractivity contribution >= 4 is 64.0 Å². The van der Waals surface area contributed by atoms with Crippen LogP contribution in [0.3, 0.4) is 0 Å². The SMILES string of the molecule is c1ccc2c(c1)-c1cc3ccccc3cc1CCC2c1nc(-c2ccc3c(ccc4ccccc43)c2)c2sc3ccccc3c2n1. The molecule has 2 nitrogen and oxygen atoms in total. The summed E-state index contributed by atoms with van der Waals surface area (Å²) in [5.74, 6) is 0.993. The molecule has 0 radical (unpaired) electrons. The van der Waals surface area contributed by atoms with E-state index in [2.05, 4.69) is 140 Å². The van der Waals surface area contributed by atoms with Crippen molar-refractivity contribution in [3.8, 4) is 22.4 Å². The minimum absolute atomic E-state index is 0.0814. The van der Waals surface area contributed by atoms with E-state index in [1.165, 1.54) is 64.7 Å². The van der Waals surface area contributed by atoms with Gasteiger partial charge in [-0.2, -0.15) is 0 Å². The molecule has 1 aliphatic carbocycles. The Morgan fingerprint density at radius 1 is 0.543 bits per heavy atom. The van der Waals surface area contributed by atoms with Crippen LogP contribution in [0.25, 0.3) is 75.0 Å². The molecule has 3 heteroatoms. The number of thiophene rings is 1. The zero-order valence-corrected chi connectivity index (χ0v) is 25.9. The van der Waals surface area contributed by atoms with E-state index in [9.17, 15) is 0 Å². The smallest absolute Gasteiger partial charge is 0.137 e. The van der Waals surface area contributed by atoms with Gasteiger partial charge in [0.25, 0.3) is 0 Å². The summed E-state index contributed by atoms with van der Waals surface area (Å²) in [6.45, 7) is 0. The van der Waals surface area contributed by atoms with Gasteiger partial charge >= 0.3 is 0 Å². The van der Waals surface area contributed by atoms with Crippen LogP contribution in [0, 0.1) is 0 Å². The fourth-order valence-electron chi connectivity index (χ4n) is 7.63. The van der Waals surface area contributed by atoms with Gasteiger partial charge in [0.15, 0.2) is 0 Å². The van der Waals surface area contributed by atoms with Crippen LogP contribution in [-0.4, -0.2) is 9.97 Å². The molecule has 2 aromatic heterocycles. The highest BCUT2D eigenvalue weighted by atomic mass is 32.1.